The molecule has 0 radical (unpaired) electrons. The fraction of sp³-hybridized carbons (Fsp3) is 0.385. The fourth-order valence-corrected chi connectivity index (χ4v) is 2.06. The van der Waals surface area contributed by atoms with Crippen molar-refractivity contribution in [3.8, 4) is 5.75 Å². The van der Waals surface area contributed by atoms with Gasteiger partial charge in [0.25, 0.3) is 0 Å². The molecule has 0 bridgehead atoms. The van der Waals surface area contributed by atoms with Crippen LogP contribution in [-0.2, 0) is 9.59 Å². The molecule has 1 N–H and O–H groups in total. The number of amides is 2. The molecule has 1 aliphatic rings. The Labute approximate surface area is 99.9 Å². The second-order valence-corrected chi connectivity index (χ2v) is 4.60. The number of hydrogen-bond acceptors (Lipinski definition) is 3. The van der Waals surface area contributed by atoms with Crippen LogP contribution < -0.4 is 4.90 Å². The molecule has 1 heterocycles. The summed E-state index contributed by atoms with van der Waals surface area (Å²) in [7, 11) is 0. The van der Waals surface area contributed by atoms with Gasteiger partial charge in [0.05, 0.1) is 5.69 Å². The molecule has 0 saturated carbocycles. The maximum absolute atomic E-state index is 11.9. The Hall–Kier alpha value is -1.84. The van der Waals surface area contributed by atoms with Crippen LogP contribution in [0.15, 0.2) is 12.1 Å². The van der Waals surface area contributed by atoms with Gasteiger partial charge in [0.1, 0.15) is 5.75 Å². The number of carbonyl (C=O) groups excluding carboxylic acids is 2. The number of phenols is 1. The summed E-state index contributed by atoms with van der Waals surface area (Å²) in [4.78, 5) is 24.9. The number of nitrogens with zero attached hydrogens (tertiary/aromatic N) is 1. The Balaban J connectivity index is 2.51. The lowest BCUT2D eigenvalue weighted by molar-refractivity contribution is -0.122. The third-order valence-electron chi connectivity index (χ3n) is 3.13. The second-order valence-electron chi connectivity index (χ2n) is 4.60. The highest BCUT2D eigenvalue weighted by Crippen LogP contribution is 2.32. The Kier molecular flexibility index (Phi) is 2.65. The zero-order chi connectivity index (χ0) is 12.7. The minimum Gasteiger partial charge on any atom is -0.508 e. The number of anilines is 1. The molecule has 2 amide bonds. The Morgan fingerprint density at radius 1 is 1.24 bits per heavy atom. The normalized spacial score (nSPS) is 20.2. The van der Waals surface area contributed by atoms with Crippen LogP contribution in [0, 0.1) is 19.8 Å². The van der Waals surface area contributed by atoms with E-state index in [-0.39, 0.29) is 29.9 Å². The first-order valence-electron chi connectivity index (χ1n) is 5.59. The van der Waals surface area contributed by atoms with Gasteiger partial charge >= 0.3 is 0 Å². The standard InChI is InChI=1S/C13H15NO3/c1-7-5-11(15)8(2)4-10(7)14-12(16)6-9(3)13(14)17/h4-5,9,15H,6H2,1-3H3. The first-order chi connectivity index (χ1) is 7.91. The van der Waals surface area contributed by atoms with E-state index in [0.717, 1.165) is 5.56 Å². The minimum atomic E-state index is -0.254. The molecule has 17 heavy (non-hydrogen) atoms. The topological polar surface area (TPSA) is 57.6 Å². The summed E-state index contributed by atoms with van der Waals surface area (Å²) in [6.07, 6.45) is 0.262. The first-order valence-corrected chi connectivity index (χ1v) is 5.59. The third kappa shape index (κ3) is 1.79. The largest absolute Gasteiger partial charge is 0.508 e. The molecule has 0 aliphatic carbocycles. The van der Waals surface area contributed by atoms with Gasteiger partial charge in [-0.3, -0.25) is 14.5 Å². The van der Waals surface area contributed by atoms with Crippen LogP contribution in [-0.4, -0.2) is 16.9 Å². The lowest BCUT2D eigenvalue weighted by atomic mass is 10.1. The summed E-state index contributed by atoms with van der Waals surface area (Å²) in [5.41, 5.74) is 1.97. The SMILES string of the molecule is Cc1cc(N2C(=O)CC(C)C2=O)c(C)cc1O. The van der Waals surface area contributed by atoms with Gasteiger partial charge in [-0.2, -0.15) is 0 Å². The smallest absolute Gasteiger partial charge is 0.237 e. The maximum atomic E-state index is 11.9. The van der Waals surface area contributed by atoms with E-state index in [9.17, 15) is 14.7 Å². The number of benzene rings is 1. The van der Waals surface area contributed by atoms with Crippen molar-refractivity contribution in [2.45, 2.75) is 27.2 Å². The van der Waals surface area contributed by atoms with Crippen molar-refractivity contribution in [3.05, 3.63) is 23.3 Å². The molecule has 2 rings (SSSR count). The molecule has 1 fully saturated rings. The summed E-state index contributed by atoms with van der Waals surface area (Å²) in [5.74, 6) is -0.409. The van der Waals surface area contributed by atoms with Gasteiger partial charge in [0.15, 0.2) is 0 Å². The summed E-state index contributed by atoms with van der Waals surface area (Å²) in [5, 5.41) is 9.56. The van der Waals surface area contributed by atoms with E-state index in [1.54, 1.807) is 32.9 Å². The van der Waals surface area contributed by atoms with E-state index in [0.29, 0.717) is 11.3 Å². The second kappa shape index (κ2) is 3.87. The number of imide groups is 1. The monoisotopic (exact) mass is 233 g/mol. The van der Waals surface area contributed by atoms with E-state index in [1.165, 1.54) is 4.90 Å². The molecule has 4 nitrogen and oxygen atoms in total. The lowest BCUT2D eigenvalue weighted by Gasteiger charge is -2.18. The predicted octanol–water partition coefficient (Wildman–Crippen LogP) is 1.91. The van der Waals surface area contributed by atoms with Gasteiger partial charge < -0.3 is 5.11 Å². The number of carbonyl (C=O) groups is 2. The van der Waals surface area contributed by atoms with Crippen LogP contribution in [0.5, 0.6) is 5.75 Å². The molecule has 1 aliphatic heterocycles. The van der Waals surface area contributed by atoms with Gasteiger partial charge in [-0.1, -0.05) is 6.92 Å². The maximum Gasteiger partial charge on any atom is 0.237 e. The number of rotatable bonds is 1. The average molecular weight is 233 g/mol. The highest BCUT2D eigenvalue weighted by Gasteiger charge is 2.37. The Morgan fingerprint density at radius 3 is 2.41 bits per heavy atom. The van der Waals surface area contributed by atoms with Gasteiger partial charge in [-0.25, -0.2) is 0 Å². The van der Waals surface area contributed by atoms with Crippen LogP contribution in [0.4, 0.5) is 5.69 Å². The van der Waals surface area contributed by atoms with E-state index >= 15 is 0 Å². The molecule has 1 atom stereocenters. The van der Waals surface area contributed by atoms with Crippen LogP contribution in [0.3, 0.4) is 0 Å². The molecule has 0 aromatic heterocycles. The number of aryl methyl sites for hydroxylation is 2. The Bertz CT molecular complexity index is 508. The molecule has 0 spiro atoms. The first kappa shape index (κ1) is 11.6. The molecule has 1 unspecified atom stereocenters. The van der Waals surface area contributed by atoms with Crippen LogP contribution in [0.25, 0.3) is 0 Å². The molecule has 90 valence electrons. The van der Waals surface area contributed by atoms with Gasteiger partial charge in [-0.05, 0) is 37.1 Å². The van der Waals surface area contributed by atoms with Gasteiger partial charge in [-0.15, -0.1) is 0 Å². The molecular weight excluding hydrogens is 218 g/mol. The van der Waals surface area contributed by atoms with E-state index in [4.69, 9.17) is 0 Å². The summed E-state index contributed by atoms with van der Waals surface area (Å²) in [6.45, 7) is 5.27. The Morgan fingerprint density at radius 2 is 1.88 bits per heavy atom. The minimum absolute atomic E-state index is 0.164. The molecule has 1 aromatic carbocycles. The van der Waals surface area contributed by atoms with E-state index in [1.807, 2.05) is 0 Å². The van der Waals surface area contributed by atoms with Crippen LogP contribution in [0.1, 0.15) is 24.5 Å². The van der Waals surface area contributed by atoms with Crippen molar-refractivity contribution in [2.75, 3.05) is 4.90 Å². The lowest BCUT2D eigenvalue weighted by Crippen LogP contribution is -2.30. The summed E-state index contributed by atoms with van der Waals surface area (Å²) in [6, 6.07) is 3.26. The van der Waals surface area contributed by atoms with Crippen molar-refractivity contribution in [2.24, 2.45) is 5.92 Å². The van der Waals surface area contributed by atoms with Gasteiger partial charge in [0.2, 0.25) is 11.8 Å². The van der Waals surface area contributed by atoms with Crippen molar-refractivity contribution in [1.82, 2.24) is 0 Å². The zero-order valence-electron chi connectivity index (χ0n) is 10.2. The van der Waals surface area contributed by atoms with Crippen LogP contribution in [0.2, 0.25) is 0 Å². The number of phenolic OH excluding ortho intramolecular Hbond substituents is 1. The van der Waals surface area contributed by atoms with E-state index in [2.05, 4.69) is 0 Å². The van der Waals surface area contributed by atoms with Crippen LogP contribution >= 0.6 is 0 Å². The van der Waals surface area contributed by atoms with Crippen molar-refractivity contribution in [1.29, 1.82) is 0 Å². The van der Waals surface area contributed by atoms with Crippen molar-refractivity contribution in [3.63, 3.8) is 0 Å². The highest BCUT2D eigenvalue weighted by molar-refractivity contribution is 6.21. The van der Waals surface area contributed by atoms with Gasteiger partial charge in [0, 0.05) is 12.3 Å². The van der Waals surface area contributed by atoms with E-state index < -0.39 is 0 Å². The molecule has 4 heteroatoms. The summed E-state index contributed by atoms with van der Waals surface area (Å²) < 4.78 is 0. The van der Waals surface area contributed by atoms with Crippen molar-refractivity contribution < 1.29 is 14.7 Å². The quantitative estimate of drug-likeness (QED) is 0.754. The summed E-state index contributed by atoms with van der Waals surface area (Å²) >= 11 is 0. The number of aromatic hydroxyl groups is 1. The highest BCUT2D eigenvalue weighted by atomic mass is 16.3. The third-order valence-corrected chi connectivity index (χ3v) is 3.13. The van der Waals surface area contributed by atoms with Crippen molar-refractivity contribution >= 4 is 17.5 Å². The zero-order valence-corrected chi connectivity index (χ0v) is 10.2. The average Bonchev–Trinajstić information content (AvgIpc) is 2.48. The molecular formula is C13H15NO3. The fourth-order valence-electron chi connectivity index (χ4n) is 2.06. The number of hydrogen-bond donors (Lipinski definition) is 1. The molecule has 1 saturated heterocycles. The molecule has 1 aromatic rings. The predicted molar refractivity (Wildman–Crippen MR) is 63.9 cm³/mol.